The maximum atomic E-state index is 12.6. The summed E-state index contributed by atoms with van der Waals surface area (Å²) < 4.78 is 0. The summed E-state index contributed by atoms with van der Waals surface area (Å²) in [6, 6.07) is 11.2. The van der Waals surface area contributed by atoms with Gasteiger partial charge in [0.15, 0.2) is 0 Å². The third-order valence-corrected chi connectivity index (χ3v) is 4.98. The lowest BCUT2D eigenvalue weighted by molar-refractivity contribution is -0.124. The molecule has 0 aromatic heterocycles. The maximum absolute atomic E-state index is 12.6. The van der Waals surface area contributed by atoms with Gasteiger partial charge >= 0.3 is 0 Å². The van der Waals surface area contributed by atoms with Gasteiger partial charge in [0.2, 0.25) is 5.91 Å². The SMILES string of the molecule is Cc1ccccc1C(O)CNC(=O)C(NC(=O)c1ccc(Cl)cc1Cl)C(C)C. The third-order valence-electron chi connectivity index (χ3n) is 4.43. The quantitative estimate of drug-likeness (QED) is 0.632. The average Bonchev–Trinajstić information content (AvgIpc) is 2.63. The molecule has 0 bridgehead atoms. The summed E-state index contributed by atoms with van der Waals surface area (Å²) in [5, 5.41) is 16.4. The summed E-state index contributed by atoms with van der Waals surface area (Å²) in [6.45, 7) is 5.59. The second kappa shape index (κ2) is 9.92. The zero-order chi connectivity index (χ0) is 20.8. The highest BCUT2D eigenvalue weighted by Gasteiger charge is 2.26. The van der Waals surface area contributed by atoms with Crippen LogP contribution in [0.3, 0.4) is 0 Å². The summed E-state index contributed by atoms with van der Waals surface area (Å²) in [7, 11) is 0. The molecule has 28 heavy (non-hydrogen) atoms. The van der Waals surface area contributed by atoms with Crippen molar-refractivity contribution in [2.75, 3.05) is 6.54 Å². The van der Waals surface area contributed by atoms with Gasteiger partial charge in [-0.25, -0.2) is 0 Å². The first-order valence-corrected chi connectivity index (χ1v) is 9.73. The summed E-state index contributed by atoms with van der Waals surface area (Å²) in [5.74, 6) is -0.998. The molecule has 0 radical (unpaired) electrons. The molecule has 7 heteroatoms. The Hall–Kier alpha value is -2.08. The molecule has 0 heterocycles. The highest BCUT2D eigenvalue weighted by molar-refractivity contribution is 6.36. The Morgan fingerprint density at radius 1 is 1.11 bits per heavy atom. The van der Waals surface area contributed by atoms with Gasteiger partial charge in [-0.1, -0.05) is 61.3 Å². The maximum Gasteiger partial charge on any atom is 0.253 e. The van der Waals surface area contributed by atoms with Crippen LogP contribution in [0.1, 0.15) is 41.4 Å². The fourth-order valence-electron chi connectivity index (χ4n) is 2.81. The number of aliphatic hydroxyl groups is 1. The van der Waals surface area contributed by atoms with Crippen molar-refractivity contribution >= 4 is 35.0 Å². The van der Waals surface area contributed by atoms with Crippen molar-refractivity contribution in [3.05, 3.63) is 69.2 Å². The second-order valence-electron chi connectivity index (χ2n) is 6.94. The minimum absolute atomic E-state index is 0.0461. The number of hydrogen-bond acceptors (Lipinski definition) is 3. The Bertz CT molecular complexity index is 855. The van der Waals surface area contributed by atoms with E-state index in [0.29, 0.717) is 5.02 Å². The molecule has 0 aliphatic heterocycles. The summed E-state index contributed by atoms with van der Waals surface area (Å²) in [6.07, 6.45) is -0.834. The Morgan fingerprint density at radius 3 is 2.39 bits per heavy atom. The summed E-state index contributed by atoms with van der Waals surface area (Å²) in [5.41, 5.74) is 1.93. The molecular weight excluding hydrogens is 399 g/mol. The zero-order valence-corrected chi connectivity index (χ0v) is 17.5. The monoisotopic (exact) mass is 422 g/mol. The van der Waals surface area contributed by atoms with Crippen LogP contribution in [0.4, 0.5) is 0 Å². The van der Waals surface area contributed by atoms with Gasteiger partial charge in [0.05, 0.1) is 16.7 Å². The molecule has 0 saturated heterocycles. The molecule has 3 N–H and O–H groups in total. The summed E-state index contributed by atoms with van der Waals surface area (Å²) >= 11 is 11.9. The number of halogens is 2. The normalized spacial score (nSPS) is 13.1. The third kappa shape index (κ3) is 5.71. The Balaban J connectivity index is 2.03. The first-order valence-electron chi connectivity index (χ1n) is 8.98. The van der Waals surface area contributed by atoms with E-state index in [1.165, 1.54) is 12.1 Å². The lowest BCUT2D eigenvalue weighted by atomic mass is 10.0. The molecule has 2 unspecified atom stereocenters. The molecule has 0 aliphatic carbocycles. The van der Waals surface area contributed by atoms with E-state index >= 15 is 0 Å². The topological polar surface area (TPSA) is 78.4 Å². The van der Waals surface area contributed by atoms with E-state index in [9.17, 15) is 14.7 Å². The van der Waals surface area contributed by atoms with E-state index in [-0.39, 0.29) is 29.0 Å². The number of amides is 2. The zero-order valence-electron chi connectivity index (χ0n) is 16.0. The van der Waals surface area contributed by atoms with E-state index in [4.69, 9.17) is 23.2 Å². The molecule has 2 aromatic carbocycles. The van der Waals surface area contributed by atoms with Crippen molar-refractivity contribution < 1.29 is 14.7 Å². The Morgan fingerprint density at radius 2 is 1.79 bits per heavy atom. The van der Waals surface area contributed by atoms with Gasteiger partial charge in [-0.3, -0.25) is 9.59 Å². The van der Waals surface area contributed by atoms with Crippen LogP contribution in [0, 0.1) is 12.8 Å². The number of carbonyl (C=O) groups excluding carboxylic acids is 2. The first kappa shape index (κ1) is 22.2. The van der Waals surface area contributed by atoms with Crippen LogP contribution in [-0.2, 0) is 4.79 Å². The molecule has 0 fully saturated rings. The highest BCUT2D eigenvalue weighted by atomic mass is 35.5. The van der Waals surface area contributed by atoms with Crippen LogP contribution in [0.5, 0.6) is 0 Å². The second-order valence-corrected chi connectivity index (χ2v) is 7.78. The fraction of sp³-hybridized carbons (Fsp3) is 0.333. The Labute approximate surface area is 175 Å². The minimum atomic E-state index is -0.834. The number of carbonyl (C=O) groups is 2. The van der Waals surface area contributed by atoms with Crippen LogP contribution in [0.25, 0.3) is 0 Å². The van der Waals surface area contributed by atoms with Gasteiger partial charge < -0.3 is 15.7 Å². The lowest BCUT2D eigenvalue weighted by Gasteiger charge is -2.23. The van der Waals surface area contributed by atoms with Crippen LogP contribution < -0.4 is 10.6 Å². The predicted molar refractivity (Wildman–Crippen MR) is 112 cm³/mol. The summed E-state index contributed by atoms with van der Waals surface area (Å²) in [4.78, 5) is 25.2. The molecule has 5 nitrogen and oxygen atoms in total. The molecule has 2 atom stereocenters. The molecule has 150 valence electrons. The predicted octanol–water partition coefficient (Wildman–Crippen LogP) is 3.91. The van der Waals surface area contributed by atoms with Gasteiger partial charge in [0.25, 0.3) is 5.91 Å². The highest BCUT2D eigenvalue weighted by Crippen LogP contribution is 2.21. The molecule has 2 aromatic rings. The van der Waals surface area contributed by atoms with Crippen molar-refractivity contribution in [2.24, 2.45) is 5.92 Å². The van der Waals surface area contributed by atoms with E-state index in [0.717, 1.165) is 11.1 Å². The lowest BCUT2D eigenvalue weighted by Crippen LogP contribution is -2.50. The number of nitrogens with one attached hydrogen (secondary N) is 2. The molecular formula is C21H24Cl2N2O3. The molecule has 0 spiro atoms. The number of aliphatic hydroxyl groups excluding tert-OH is 1. The molecule has 2 rings (SSSR count). The van der Waals surface area contributed by atoms with Crippen molar-refractivity contribution in [3.8, 4) is 0 Å². The fourth-order valence-corrected chi connectivity index (χ4v) is 3.30. The van der Waals surface area contributed by atoms with Gasteiger partial charge in [0.1, 0.15) is 6.04 Å². The van der Waals surface area contributed by atoms with Gasteiger partial charge in [-0.15, -0.1) is 0 Å². The van der Waals surface area contributed by atoms with E-state index in [1.54, 1.807) is 6.07 Å². The molecule has 2 amide bonds. The van der Waals surface area contributed by atoms with Crippen LogP contribution in [-0.4, -0.2) is 29.5 Å². The average molecular weight is 423 g/mol. The Kier molecular flexibility index (Phi) is 7.87. The largest absolute Gasteiger partial charge is 0.387 e. The van der Waals surface area contributed by atoms with E-state index < -0.39 is 18.1 Å². The number of aryl methyl sites for hydroxylation is 1. The number of hydrogen-bond donors (Lipinski definition) is 3. The standard InChI is InChI=1S/C21H24Cl2N2O3/c1-12(2)19(25-20(27)16-9-8-14(22)10-17(16)23)21(28)24-11-18(26)15-7-5-4-6-13(15)3/h4-10,12,18-19,26H,11H2,1-3H3,(H,24,28)(H,25,27). The van der Waals surface area contributed by atoms with Crippen molar-refractivity contribution in [3.63, 3.8) is 0 Å². The molecule has 0 saturated carbocycles. The smallest absolute Gasteiger partial charge is 0.253 e. The molecule has 0 aliphatic rings. The number of rotatable bonds is 7. The van der Waals surface area contributed by atoms with Crippen molar-refractivity contribution in [1.82, 2.24) is 10.6 Å². The van der Waals surface area contributed by atoms with Crippen LogP contribution in [0.15, 0.2) is 42.5 Å². The van der Waals surface area contributed by atoms with Crippen molar-refractivity contribution in [2.45, 2.75) is 32.9 Å². The van der Waals surface area contributed by atoms with Gasteiger partial charge in [-0.05, 0) is 42.2 Å². The number of benzene rings is 2. The van der Waals surface area contributed by atoms with Gasteiger partial charge in [-0.2, -0.15) is 0 Å². The van der Waals surface area contributed by atoms with Crippen LogP contribution in [0.2, 0.25) is 10.0 Å². The minimum Gasteiger partial charge on any atom is -0.387 e. The van der Waals surface area contributed by atoms with Crippen molar-refractivity contribution in [1.29, 1.82) is 0 Å². The van der Waals surface area contributed by atoms with Crippen LogP contribution >= 0.6 is 23.2 Å². The van der Waals surface area contributed by atoms with Gasteiger partial charge in [0, 0.05) is 11.6 Å². The van der Waals surface area contributed by atoms with E-state index in [2.05, 4.69) is 10.6 Å². The van der Waals surface area contributed by atoms with E-state index in [1.807, 2.05) is 45.0 Å². The first-order chi connectivity index (χ1) is 13.2.